The summed E-state index contributed by atoms with van der Waals surface area (Å²) in [5.41, 5.74) is 0.0192. The SMILES string of the molecule is OCCCN(CCC(O)c1cccc(F)c1F)C1CCC1. The van der Waals surface area contributed by atoms with Crippen molar-refractivity contribution in [1.29, 1.82) is 0 Å². The van der Waals surface area contributed by atoms with Crippen LogP contribution in [0.5, 0.6) is 0 Å². The van der Waals surface area contributed by atoms with Gasteiger partial charge in [-0.05, 0) is 31.7 Å². The Morgan fingerprint density at radius 1 is 1.24 bits per heavy atom. The molecule has 0 aliphatic heterocycles. The Hall–Kier alpha value is -1.04. The summed E-state index contributed by atoms with van der Waals surface area (Å²) in [5, 5.41) is 19.0. The average molecular weight is 299 g/mol. The normalized spacial score (nSPS) is 17.0. The van der Waals surface area contributed by atoms with Crippen molar-refractivity contribution in [2.24, 2.45) is 0 Å². The molecule has 0 spiro atoms. The van der Waals surface area contributed by atoms with Crippen LogP contribution in [0.25, 0.3) is 0 Å². The summed E-state index contributed by atoms with van der Waals surface area (Å²) in [6.45, 7) is 1.55. The van der Waals surface area contributed by atoms with E-state index in [0.717, 1.165) is 25.5 Å². The van der Waals surface area contributed by atoms with E-state index in [0.29, 0.717) is 25.4 Å². The second-order valence-electron chi connectivity index (χ2n) is 5.65. The summed E-state index contributed by atoms with van der Waals surface area (Å²) in [7, 11) is 0. The largest absolute Gasteiger partial charge is 0.396 e. The van der Waals surface area contributed by atoms with Gasteiger partial charge in [0.25, 0.3) is 0 Å². The molecule has 1 aliphatic rings. The molecular weight excluding hydrogens is 276 g/mol. The van der Waals surface area contributed by atoms with Crippen molar-refractivity contribution in [2.45, 2.75) is 44.2 Å². The molecule has 1 saturated carbocycles. The van der Waals surface area contributed by atoms with Gasteiger partial charge in [-0.3, -0.25) is 0 Å². The highest BCUT2D eigenvalue weighted by molar-refractivity contribution is 5.21. The van der Waals surface area contributed by atoms with Crippen molar-refractivity contribution in [3.63, 3.8) is 0 Å². The van der Waals surface area contributed by atoms with Crippen LogP contribution >= 0.6 is 0 Å². The Labute approximate surface area is 124 Å². The molecule has 0 heterocycles. The number of halogens is 2. The lowest BCUT2D eigenvalue weighted by Gasteiger charge is -2.38. The van der Waals surface area contributed by atoms with Crippen molar-refractivity contribution in [1.82, 2.24) is 4.90 Å². The van der Waals surface area contributed by atoms with E-state index in [2.05, 4.69) is 4.90 Å². The molecule has 0 radical (unpaired) electrons. The van der Waals surface area contributed by atoms with Crippen LogP contribution in [0.2, 0.25) is 0 Å². The van der Waals surface area contributed by atoms with Crippen LogP contribution in [0.3, 0.4) is 0 Å². The summed E-state index contributed by atoms with van der Waals surface area (Å²) in [4.78, 5) is 2.24. The summed E-state index contributed by atoms with van der Waals surface area (Å²) < 4.78 is 26.8. The zero-order valence-corrected chi connectivity index (χ0v) is 12.1. The quantitative estimate of drug-likeness (QED) is 0.775. The molecule has 1 aliphatic carbocycles. The first kappa shape index (κ1) is 16.3. The van der Waals surface area contributed by atoms with E-state index in [9.17, 15) is 13.9 Å². The Bertz CT molecular complexity index is 452. The molecule has 1 aromatic carbocycles. The fraction of sp³-hybridized carbons (Fsp3) is 0.625. The lowest BCUT2D eigenvalue weighted by atomic mass is 9.91. The number of aliphatic hydroxyl groups excluding tert-OH is 2. The third-order valence-corrected chi connectivity index (χ3v) is 4.22. The maximum atomic E-state index is 13.6. The molecule has 1 fully saturated rings. The third-order valence-electron chi connectivity index (χ3n) is 4.22. The van der Waals surface area contributed by atoms with Gasteiger partial charge >= 0.3 is 0 Å². The van der Waals surface area contributed by atoms with E-state index in [1.54, 1.807) is 0 Å². The van der Waals surface area contributed by atoms with Crippen molar-refractivity contribution >= 4 is 0 Å². The molecule has 0 amide bonds. The van der Waals surface area contributed by atoms with E-state index in [-0.39, 0.29) is 12.2 Å². The highest BCUT2D eigenvalue weighted by Crippen LogP contribution is 2.27. The Morgan fingerprint density at radius 2 is 2.00 bits per heavy atom. The lowest BCUT2D eigenvalue weighted by Crippen LogP contribution is -2.41. The van der Waals surface area contributed by atoms with Crippen molar-refractivity contribution in [2.75, 3.05) is 19.7 Å². The zero-order chi connectivity index (χ0) is 15.2. The van der Waals surface area contributed by atoms with Gasteiger partial charge in [0, 0.05) is 31.3 Å². The third kappa shape index (κ3) is 4.22. The summed E-state index contributed by atoms with van der Waals surface area (Å²) in [5.74, 6) is -1.89. The maximum absolute atomic E-state index is 13.6. The molecule has 5 heteroatoms. The van der Waals surface area contributed by atoms with Crippen LogP contribution in [0.4, 0.5) is 8.78 Å². The first-order valence-electron chi connectivity index (χ1n) is 7.60. The van der Waals surface area contributed by atoms with Crippen LogP contribution in [0, 0.1) is 11.6 Å². The van der Waals surface area contributed by atoms with Gasteiger partial charge in [0.2, 0.25) is 0 Å². The minimum absolute atomic E-state index is 0.0192. The summed E-state index contributed by atoms with van der Waals surface area (Å²) in [6.07, 6.45) is 3.54. The van der Waals surface area contributed by atoms with E-state index in [1.165, 1.54) is 18.6 Å². The van der Waals surface area contributed by atoms with Gasteiger partial charge in [0.15, 0.2) is 11.6 Å². The standard InChI is InChI=1S/C16H23F2NO2/c17-14-7-2-6-13(16(14)18)15(21)8-10-19(9-3-11-20)12-4-1-5-12/h2,6-7,12,15,20-21H,1,3-5,8-11H2. The lowest BCUT2D eigenvalue weighted by molar-refractivity contribution is 0.0850. The number of hydrogen-bond donors (Lipinski definition) is 2. The summed E-state index contributed by atoms with van der Waals surface area (Å²) >= 11 is 0. The average Bonchev–Trinajstić information content (AvgIpc) is 2.42. The molecule has 1 aromatic rings. The molecule has 0 saturated heterocycles. The van der Waals surface area contributed by atoms with Gasteiger partial charge < -0.3 is 15.1 Å². The van der Waals surface area contributed by atoms with Crippen LogP contribution in [-0.2, 0) is 0 Å². The van der Waals surface area contributed by atoms with E-state index < -0.39 is 17.7 Å². The molecule has 3 nitrogen and oxygen atoms in total. The van der Waals surface area contributed by atoms with Gasteiger partial charge in [0.05, 0.1) is 6.10 Å². The van der Waals surface area contributed by atoms with Gasteiger partial charge in [-0.15, -0.1) is 0 Å². The fourth-order valence-corrected chi connectivity index (χ4v) is 2.72. The molecule has 1 atom stereocenters. The van der Waals surface area contributed by atoms with E-state index in [1.807, 2.05) is 0 Å². The molecular formula is C16H23F2NO2. The molecule has 2 N–H and O–H groups in total. The highest BCUT2D eigenvalue weighted by Gasteiger charge is 2.25. The van der Waals surface area contributed by atoms with Crippen molar-refractivity contribution in [3.8, 4) is 0 Å². The molecule has 118 valence electrons. The van der Waals surface area contributed by atoms with Crippen molar-refractivity contribution < 1.29 is 19.0 Å². The zero-order valence-electron chi connectivity index (χ0n) is 12.1. The van der Waals surface area contributed by atoms with Crippen molar-refractivity contribution in [3.05, 3.63) is 35.4 Å². The number of benzene rings is 1. The first-order valence-corrected chi connectivity index (χ1v) is 7.60. The molecule has 2 rings (SSSR count). The Kier molecular flexibility index (Phi) is 6.08. The van der Waals surface area contributed by atoms with Crippen LogP contribution in [-0.4, -0.2) is 40.9 Å². The minimum atomic E-state index is -1.00. The first-order chi connectivity index (χ1) is 10.1. The monoisotopic (exact) mass is 299 g/mol. The van der Waals surface area contributed by atoms with Crippen LogP contribution in [0.15, 0.2) is 18.2 Å². The van der Waals surface area contributed by atoms with Crippen LogP contribution in [0.1, 0.15) is 43.8 Å². The smallest absolute Gasteiger partial charge is 0.164 e. The van der Waals surface area contributed by atoms with Gasteiger partial charge in [-0.2, -0.15) is 0 Å². The number of rotatable bonds is 8. The summed E-state index contributed by atoms with van der Waals surface area (Å²) in [6, 6.07) is 4.38. The predicted molar refractivity (Wildman–Crippen MR) is 76.8 cm³/mol. The Morgan fingerprint density at radius 3 is 2.62 bits per heavy atom. The minimum Gasteiger partial charge on any atom is -0.396 e. The topological polar surface area (TPSA) is 43.7 Å². The fourth-order valence-electron chi connectivity index (χ4n) is 2.72. The van der Waals surface area contributed by atoms with Gasteiger partial charge in [0.1, 0.15) is 0 Å². The second-order valence-corrected chi connectivity index (χ2v) is 5.65. The molecule has 21 heavy (non-hydrogen) atoms. The molecule has 1 unspecified atom stereocenters. The van der Waals surface area contributed by atoms with E-state index >= 15 is 0 Å². The number of nitrogens with zero attached hydrogens (tertiary/aromatic N) is 1. The van der Waals surface area contributed by atoms with Gasteiger partial charge in [-0.25, -0.2) is 8.78 Å². The number of aliphatic hydroxyl groups is 2. The maximum Gasteiger partial charge on any atom is 0.164 e. The molecule has 0 aromatic heterocycles. The number of hydrogen-bond acceptors (Lipinski definition) is 3. The van der Waals surface area contributed by atoms with E-state index in [4.69, 9.17) is 5.11 Å². The highest BCUT2D eigenvalue weighted by atomic mass is 19.2. The predicted octanol–water partition coefficient (Wildman–Crippen LogP) is 2.63. The Balaban J connectivity index is 1.91. The van der Waals surface area contributed by atoms with Crippen LogP contribution < -0.4 is 0 Å². The second kappa shape index (κ2) is 7.82. The van der Waals surface area contributed by atoms with Gasteiger partial charge in [-0.1, -0.05) is 18.6 Å². The molecule has 0 bridgehead atoms.